The van der Waals surface area contributed by atoms with Gasteiger partial charge in [-0.1, -0.05) is 20.8 Å². The molecular weight excluding hydrogens is 318 g/mol. The molecule has 0 atom stereocenters. The SMILES string of the molecule is CCN(C)/C=N\c1cc(C)c(Oc2cc(C(C)(C)C)ns2)cc1C. The van der Waals surface area contributed by atoms with Crippen LogP contribution in [0.5, 0.6) is 10.8 Å². The van der Waals surface area contributed by atoms with Gasteiger partial charge in [-0.15, -0.1) is 0 Å². The first-order valence-corrected chi connectivity index (χ1v) is 8.98. The van der Waals surface area contributed by atoms with Crippen LogP contribution in [-0.4, -0.2) is 29.2 Å². The molecule has 4 nitrogen and oxygen atoms in total. The molecule has 0 aliphatic carbocycles. The Morgan fingerprint density at radius 2 is 1.92 bits per heavy atom. The zero-order valence-electron chi connectivity index (χ0n) is 15.7. The third-order valence-corrected chi connectivity index (χ3v) is 4.52. The van der Waals surface area contributed by atoms with Crippen LogP contribution in [0.3, 0.4) is 0 Å². The average molecular weight is 346 g/mol. The summed E-state index contributed by atoms with van der Waals surface area (Å²) >= 11 is 1.40. The fourth-order valence-corrected chi connectivity index (χ4v) is 2.84. The molecule has 0 saturated heterocycles. The van der Waals surface area contributed by atoms with Gasteiger partial charge in [-0.05, 0) is 44.0 Å². The minimum Gasteiger partial charge on any atom is -0.445 e. The minimum absolute atomic E-state index is 0.0347. The van der Waals surface area contributed by atoms with Crippen molar-refractivity contribution in [1.82, 2.24) is 9.27 Å². The van der Waals surface area contributed by atoms with Crippen molar-refractivity contribution in [2.75, 3.05) is 13.6 Å². The number of aromatic nitrogens is 1. The summed E-state index contributed by atoms with van der Waals surface area (Å²) in [5.41, 5.74) is 4.22. The van der Waals surface area contributed by atoms with Crippen LogP contribution in [0.15, 0.2) is 23.2 Å². The summed E-state index contributed by atoms with van der Waals surface area (Å²) in [5, 5.41) is 0.824. The number of hydrogen-bond acceptors (Lipinski definition) is 4. The molecule has 0 amide bonds. The molecule has 0 saturated carbocycles. The Hall–Kier alpha value is -1.88. The van der Waals surface area contributed by atoms with Crippen LogP contribution < -0.4 is 4.74 Å². The van der Waals surface area contributed by atoms with Crippen LogP contribution in [0.4, 0.5) is 5.69 Å². The van der Waals surface area contributed by atoms with E-state index in [0.717, 1.165) is 39.9 Å². The van der Waals surface area contributed by atoms with Crippen LogP contribution >= 0.6 is 11.5 Å². The van der Waals surface area contributed by atoms with Gasteiger partial charge in [0.05, 0.1) is 17.7 Å². The van der Waals surface area contributed by atoms with E-state index in [-0.39, 0.29) is 5.41 Å². The predicted molar refractivity (Wildman–Crippen MR) is 103 cm³/mol. The zero-order chi connectivity index (χ0) is 17.9. The van der Waals surface area contributed by atoms with Gasteiger partial charge in [0, 0.05) is 36.6 Å². The van der Waals surface area contributed by atoms with Gasteiger partial charge in [0.25, 0.3) is 0 Å². The molecule has 0 bridgehead atoms. The lowest BCUT2D eigenvalue weighted by molar-refractivity contribution is 0.489. The van der Waals surface area contributed by atoms with Gasteiger partial charge >= 0.3 is 0 Å². The monoisotopic (exact) mass is 345 g/mol. The number of rotatable bonds is 5. The van der Waals surface area contributed by atoms with E-state index in [9.17, 15) is 0 Å². The molecule has 5 heteroatoms. The van der Waals surface area contributed by atoms with E-state index >= 15 is 0 Å². The third-order valence-electron chi connectivity index (χ3n) is 3.85. The predicted octanol–water partition coefficient (Wildman–Crippen LogP) is 5.46. The van der Waals surface area contributed by atoms with Crippen molar-refractivity contribution in [3.8, 4) is 10.8 Å². The van der Waals surface area contributed by atoms with Gasteiger partial charge < -0.3 is 9.64 Å². The van der Waals surface area contributed by atoms with Crippen LogP contribution in [0.1, 0.15) is 44.5 Å². The summed E-state index contributed by atoms with van der Waals surface area (Å²) in [6, 6.07) is 6.14. The highest BCUT2D eigenvalue weighted by Crippen LogP contribution is 2.35. The Morgan fingerprint density at radius 3 is 2.50 bits per heavy atom. The first-order valence-electron chi connectivity index (χ1n) is 8.21. The van der Waals surface area contributed by atoms with E-state index in [1.165, 1.54) is 11.5 Å². The molecule has 0 aliphatic heterocycles. The standard InChI is InChI=1S/C19H27N3OS/c1-8-22(7)12-20-15-9-14(3)16(10-13(15)2)23-18-11-17(21-24-18)19(4,5)6/h9-12H,8H2,1-7H3/b20-12-. The normalized spacial score (nSPS) is 12.0. The zero-order valence-corrected chi connectivity index (χ0v) is 16.5. The Balaban J connectivity index is 2.22. The Bertz CT molecular complexity index is 729. The summed E-state index contributed by atoms with van der Waals surface area (Å²) in [4.78, 5) is 6.60. The molecule has 1 aromatic heterocycles. The molecule has 2 rings (SSSR count). The van der Waals surface area contributed by atoms with E-state index in [0.29, 0.717) is 0 Å². The van der Waals surface area contributed by atoms with Gasteiger partial charge in [0.2, 0.25) is 0 Å². The number of benzene rings is 1. The molecule has 0 spiro atoms. The number of nitrogens with zero attached hydrogens (tertiary/aromatic N) is 3. The minimum atomic E-state index is 0.0347. The van der Waals surface area contributed by atoms with E-state index in [1.807, 2.05) is 37.3 Å². The van der Waals surface area contributed by atoms with Crippen molar-refractivity contribution in [1.29, 1.82) is 0 Å². The lowest BCUT2D eigenvalue weighted by Gasteiger charge is -2.14. The highest BCUT2D eigenvalue weighted by molar-refractivity contribution is 7.07. The summed E-state index contributed by atoms with van der Waals surface area (Å²) in [7, 11) is 2.01. The van der Waals surface area contributed by atoms with Crippen molar-refractivity contribution in [3.05, 3.63) is 35.0 Å². The lowest BCUT2D eigenvalue weighted by Crippen LogP contribution is -2.14. The maximum Gasteiger partial charge on any atom is 0.200 e. The summed E-state index contributed by atoms with van der Waals surface area (Å²) < 4.78 is 10.6. The summed E-state index contributed by atoms with van der Waals surface area (Å²) in [5.74, 6) is 0.861. The Labute approximate surface area is 149 Å². The number of hydrogen-bond donors (Lipinski definition) is 0. The number of ether oxygens (including phenoxy) is 1. The van der Waals surface area contributed by atoms with E-state index in [1.54, 1.807) is 0 Å². The average Bonchev–Trinajstić information content (AvgIpc) is 2.97. The fraction of sp³-hybridized carbons (Fsp3) is 0.474. The van der Waals surface area contributed by atoms with Gasteiger partial charge in [-0.2, -0.15) is 4.37 Å². The third kappa shape index (κ3) is 4.57. The van der Waals surface area contributed by atoms with Crippen molar-refractivity contribution in [3.63, 3.8) is 0 Å². The maximum absolute atomic E-state index is 6.06. The lowest BCUT2D eigenvalue weighted by atomic mass is 9.93. The van der Waals surface area contributed by atoms with Crippen LogP contribution in [0.25, 0.3) is 0 Å². The molecule has 1 aromatic carbocycles. The molecule has 130 valence electrons. The second-order valence-corrected chi connectivity index (χ2v) is 7.87. The first kappa shape index (κ1) is 18.5. The van der Waals surface area contributed by atoms with E-state index < -0.39 is 0 Å². The second-order valence-electron chi connectivity index (χ2n) is 7.11. The smallest absolute Gasteiger partial charge is 0.200 e. The molecule has 0 radical (unpaired) electrons. The van der Waals surface area contributed by atoms with Crippen LogP contribution in [-0.2, 0) is 5.41 Å². The molecule has 0 aliphatic rings. The van der Waals surface area contributed by atoms with Crippen molar-refractivity contribution in [2.24, 2.45) is 4.99 Å². The highest BCUT2D eigenvalue weighted by atomic mass is 32.1. The fourth-order valence-electron chi connectivity index (χ4n) is 2.03. The number of aryl methyl sites for hydroxylation is 2. The van der Waals surface area contributed by atoms with Gasteiger partial charge in [0.1, 0.15) is 5.75 Å². The second kappa shape index (κ2) is 7.34. The molecule has 0 fully saturated rings. The largest absolute Gasteiger partial charge is 0.445 e. The molecule has 2 aromatic rings. The van der Waals surface area contributed by atoms with E-state index in [4.69, 9.17) is 4.74 Å². The van der Waals surface area contributed by atoms with E-state index in [2.05, 4.69) is 50.1 Å². The topological polar surface area (TPSA) is 37.7 Å². The van der Waals surface area contributed by atoms with Crippen molar-refractivity contribution < 1.29 is 4.74 Å². The molecule has 0 unspecified atom stereocenters. The molecule has 1 heterocycles. The van der Waals surface area contributed by atoms with Gasteiger partial charge in [-0.3, -0.25) is 0 Å². The summed E-state index contributed by atoms with van der Waals surface area (Å²) in [6.45, 7) is 13.6. The van der Waals surface area contributed by atoms with Gasteiger partial charge in [-0.25, -0.2) is 4.99 Å². The Morgan fingerprint density at radius 1 is 1.21 bits per heavy atom. The maximum atomic E-state index is 6.06. The highest BCUT2D eigenvalue weighted by Gasteiger charge is 2.18. The molecule has 24 heavy (non-hydrogen) atoms. The van der Waals surface area contributed by atoms with Gasteiger partial charge in [0.15, 0.2) is 5.06 Å². The van der Waals surface area contributed by atoms with Crippen LogP contribution in [0, 0.1) is 13.8 Å². The first-order chi connectivity index (χ1) is 11.2. The molecular formula is C19H27N3OS. The number of aliphatic imine (C=N–C) groups is 1. The van der Waals surface area contributed by atoms with Crippen molar-refractivity contribution in [2.45, 2.75) is 47.0 Å². The van der Waals surface area contributed by atoms with Crippen LogP contribution in [0.2, 0.25) is 0 Å². The Kier molecular flexibility index (Phi) is 5.65. The quantitative estimate of drug-likeness (QED) is 0.533. The summed E-state index contributed by atoms with van der Waals surface area (Å²) in [6.07, 6.45) is 1.86. The van der Waals surface area contributed by atoms with Crippen molar-refractivity contribution >= 4 is 23.6 Å². The molecule has 0 N–H and O–H groups in total.